The molecule has 4 nitrogen and oxygen atoms in total. The molecule has 22 heavy (non-hydrogen) atoms. The van der Waals surface area contributed by atoms with Crippen LogP contribution in [0.25, 0.3) is 11.1 Å². The molecule has 4 rings (SSSR count). The maximum absolute atomic E-state index is 5.86. The number of hydrogen-bond acceptors (Lipinski definition) is 4. The Bertz CT molecular complexity index is 697. The Morgan fingerprint density at radius 1 is 1.05 bits per heavy atom. The van der Waals surface area contributed by atoms with E-state index in [0.29, 0.717) is 0 Å². The normalized spacial score (nSPS) is 16.7. The highest BCUT2D eigenvalue weighted by atomic mass is 16.5. The van der Waals surface area contributed by atoms with Crippen LogP contribution in [0.2, 0.25) is 0 Å². The number of nitrogens with zero attached hydrogens (tertiary/aromatic N) is 3. The number of fused-ring (bicyclic) bond motifs is 1. The van der Waals surface area contributed by atoms with E-state index in [0.717, 1.165) is 60.3 Å². The van der Waals surface area contributed by atoms with Gasteiger partial charge in [0.05, 0.1) is 18.0 Å². The van der Waals surface area contributed by atoms with Crippen LogP contribution < -0.4 is 9.64 Å². The standard InChI is InChI=1S/C18H21N3O/c1-12-16(15-7-5-6-14-8-11-22-17(14)15)13(2)20-18(19-12)21-9-3-4-10-21/h5-7H,3-4,8-11H2,1-2H3. The summed E-state index contributed by atoms with van der Waals surface area (Å²) in [5.74, 6) is 1.90. The Balaban J connectivity index is 1.81. The molecule has 3 heterocycles. The molecule has 1 saturated heterocycles. The summed E-state index contributed by atoms with van der Waals surface area (Å²) in [4.78, 5) is 11.8. The van der Waals surface area contributed by atoms with Gasteiger partial charge in [-0.3, -0.25) is 0 Å². The largest absolute Gasteiger partial charge is 0.492 e. The smallest absolute Gasteiger partial charge is 0.225 e. The third kappa shape index (κ3) is 2.14. The Hall–Kier alpha value is -2.10. The highest BCUT2D eigenvalue weighted by molar-refractivity contribution is 5.76. The molecule has 0 bridgehead atoms. The van der Waals surface area contributed by atoms with Gasteiger partial charge in [0.1, 0.15) is 5.75 Å². The molecule has 0 radical (unpaired) electrons. The third-order valence-corrected chi connectivity index (χ3v) is 4.63. The van der Waals surface area contributed by atoms with Crippen LogP contribution >= 0.6 is 0 Å². The van der Waals surface area contributed by atoms with Crippen LogP contribution in [0.1, 0.15) is 29.8 Å². The van der Waals surface area contributed by atoms with Crippen LogP contribution in [0, 0.1) is 13.8 Å². The van der Waals surface area contributed by atoms with Gasteiger partial charge in [0.25, 0.3) is 0 Å². The van der Waals surface area contributed by atoms with Gasteiger partial charge in [0.2, 0.25) is 5.95 Å². The van der Waals surface area contributed by atoms with Gasteiger partial charge >= 0.3 is 0 Å². The van der Waals surface area contributed by atoms with E-state index >= 15 is 0 Å². The topological polar surface area (TPSA) is 38.2 Å². The average Bonchev–Trinajstić information content (AvgIpc) is 3.18. The van der Waals surface area contributed by atoms with Crippen molar-refractivity contribution in [2.24, 2.45) is 0 Å². The Labute approximate surface area is 131 Å². The first-order valence-corrected chi connectivity index (χ1v) is 8.09. The van der Waals surface area contributed by atoms with Gasteiger partial charge in [0.15, 0.2) is 0 Å². The maximum Gasteiger partial charge on any atom is 0.225 e. The van der Waals surface area contributed by atoms with Crippen molar-refractivity contribution >= 4 is 5.95 Å². The molecular weight excluding hydrogens is 274 g/mol. The van der Waals surface area contributed by atoms with Gasteiger partial charge in [-0.05, 0) is 32.3 Å². The number of ether oxygens (including phenoxy) is 1. The van der Waals surface area contributed by atoms with Crippen molar-refractivity contribution in [2.75, 3.05) is 24.6 Å². The van der Waals surface area contributed by atoms with E-state index in [-0.39, 0.29) is 0 Å². The van der Waals surface area contributed by atoms with Crippen molar-refractivity contribution in [1.82, 2.24) is 9.97 Å². The van der Waals surface area contributed by atoms with Gasteiger partial charge in [0, 0.05) is 30.6 Å². The van der Waals surface area contributed by atoms with Gasteiger partial charge < -0.3 is 9.64 Å². The summed E-state index contributed by atoms with van der Waals surface area (Å²) in [5, 5.41) is 0. The molecule has 2 aliphatic heterocycles. The van der Waals surface area contributed by atoms with Crippen molar-refractivity contribution in [2.45, 2.75) is 33.1 Å². The van der Waals surface area contributed by atoms with E-state index in [1.54, 1.807) is 0 Å². The fourth-order valence-electron chi connectivity index (χ4n) is 3.56. The predicted octanol–water partition coefficient (Wildman–Crippen LogP) is 3.30. The first-order valence-electron chi connectivity index (χ1n) is 8.09. The molecule has 4 heteroatoms. The average molecular weight is 295 g/mol. The van der Waals surface area contributed by atoms with E-state index in [4.69, 9.17) is 14.7 Å². The molecular formula is C18H21N3O. The molecule has 0 atom stereocenters. The molecule has 0 N–H and O–H groups in total. The second-order valence-electron chi connectivity index (χ2n) is 6.16. The minimum absolute atomic E-state index is 0.775. The minimum atomic E-state index is 0.775. The molecule has 1 aromatic carbocycles. The van der Waals surface area contributed by atoms with Crippen LogP contribution in [0.5, 0.6) is 5.75 Å². The summed E-state index contributed by atoms with van der Waals surface area (Å²) in [5.41, 5.74) is 5.64. The highest BCUT2D eigenvalue weighted by Gasteiger charge is 2.22. The lowest BCUT2D eigenvalue weighted by molar-refractivity contribution is 0.358. The van der Waals surface area contributed by atoms with Gasteiger partial charge in [-0.1, -0.05) is 18.2 Å². The number of anilines is 1. The molecule has 0 unspecified atom stereocenters. The van der Waals surface area contributed by atoms with Crippen LogP contribution in [-0.2, 0) is 6.42 Å². The Morgan fingerprint density at radius 3 is 2.50 bits per heavy atom. The predicted molar refractivity (Wildman–Crippen MR) is 87.6 cm³/mol. The van der Waals surface area contributed by atoms with E-state index in [2.05, 4.69) is 36.9 Å². The summed E-state index contributed by atoms with van der Waals surface area (Å²) < 4.78 is 5.86. The molecule has 114 valence electrons. The number of para-hydroxylation sites is 1. The van der Waals surface area contributed by atoms with Crippen LogP contribution in [-0.4, -0.2) is 29.7 Å². The summed E-state index contributed by atoms with van der Waals surface area (Å²) in [6, 6.07) is 6.38. The molecule has 2 aromatic rings. The fraction of sp³-hybridized carbons (Fsp3) is 0.444. The number of benzene rings is 1. The lowest BCUT2D eigenvalue weighted by atomic mass is 9.99. The first-order chi connectivity index (χ1) is 10.7. The number of hydrogen-bond donors (Lipinski definition) is 0. The van der Waals surface area contributed by atoms with Crippen molar-refractivity contribution in [1.29, 1.82) is 0 Å². The van der Waals surface area contributed by atoms with Gasteiger partial charge in [-0.25, -0.2) is 9.97 Å². The fourth-order valence-corrected chi connectivity index (χ4v) is 3.56. The lowest BCUT2D eigenvalue weighted by Gasteiger charge is -2.19. The Morgan fingerprint density at radius 2 is 1.77 bits per heavy atom. The summed E-state index contributed by atoms with van der Waals surface area (Å²) in [6.07, 6.45) is 3.47. The molecule has 0 amide bonds. The van der Waals surface area contributed by atoms with E-state index in [9.17, 15) is 0 Å². The number of rotatable bonds is 2. The molecule has 2 aliphatic rings. The van der Waals surface area contributed by atoms with Crippen LogP contribution in [0.3, 0.4) is 0 Å². The first kappa shape index (κ1) is 13.6. The van der Waals surface area contributed by atoms with E-state index in [1.807, 2.05) is 0 Å². The van der Waals surface area contributed by atoms with Crippen LogP contribution in [0.4, 0.5) is 5.95 Å². The molecule has 0 saturated carbocycles. The number of aromatic nitrogens is 2. The monoisotopic (exact) mass is 295 g/mol. The lowest BCUT2D eigenvalue weighted by Crippen LogP contribution is -2.21. The molecule has 1 aromatic heterocycles. The quantitative estimate of drug-likeness (QED) is 0.852. The molecule has 1 fully saturated rings. The van der Waals surface area contributed by atoms with Crippen molar-refractivity contribution < 1.29 is 4.74 Å². The molecule has 0 spiro atoms. The van der Waals surface area contributed by atoms with Crippen molar-refractivity contribution in [3.05, 3.63) is 35.2 Å². The zero-order valence-electron chi connectivity index (χ0n) is 13.2. The zero-order chi connectivity index (χ0) is 15.1. The molecule has 0 aliphatic carbocycles. The second-order valence-corrected chi connectivity index (χ2v) is 6.16. The summed E-state index contributed by atoms with van der Waals surface area (Å²) >= 11 is 0. The maximum atomic E-state index is 5.86. The van der Waals surface area contributed by atoms with Crippen molar-refractivity contribution in [3.8, 4) is 16.9 Å². The van der Waals surface area contributed by atoms with E-state index in [1.165, 1.54) is 18.4 Å². The highest BCUT2D eigenvalue weighted by Crippen LogP contribution is 2.39. The van der Waals surface area contributed by atoms with Gasteiger partial charge in [-0.15, -0.1) is 0 Å². The summed E-state index contributed by atoms with van der Waals surface area (Å²) in [7, 11) is 0. The van der Waals surface area contributed by atoms with Gasteiger partial charge in [-0.2, -0.15) is 0 Å². The zero-order valence-corrected chi connectivity index (χ0v) is 13.2. The Kier molecular flexibility index (Phi) is 3.25. The number of aryl methyl sites for hydroxylation is 2. The van der Waals surface area contributed by atoms with Crippen molar-refractivity contribution in [3.63, 3.8) is 0 Å². The summed E-state index contributed by atoms with van der Waals surface area (Å²) in [6.45, 7) is 7.08. The van der Waals surface area contributed by atoms with E-state index < -0.39 is 0 Å². The second kappa shape index (κ2) is 5.27. The SMILES string of the molecule is Cc1nc(N2CCCC2)nc(C)c1-c1cccc2c1OCC2. The minimum Gasteiger partial charge on any atom is -0.492 e. The third-order valence-electron chi connectivity index (χ3n) is 4.63. The van der Waals surface area contributed by atoms with Crippen LogP contribution in [0.15, 0.2) is 18.2 Å².